The molecule has 0 fully saturated rings. The highest BCUT2D eigenvalue weighted by Gasteiger charge is 2.10. The average molecular weight is 277 g/mol. The normalized spacial score (nSPS) is 12.2. The number of hydrogen-bond acceptors (Lipinski definition) is 6. The van der Waals surface area contributed by atoms with Gasteiger partial charge in [-0.1, -0.05) is 11.2 Å². The molecule has 0 spiro atoms. The predicted molar refractivity (Wildman–Crippen MR) is 73.7 cm³/mol. The molecule has 20 heavy (non-hydrogen) atoms. The van der Waals surface area contributed by atoms with Crippen LogP contribution >= 0.6 is 0 Å². The third-order valence-electron chi connectivity index (χ3n) is 2.74. The number of aryl methyl sites for hydroxylation is 1. The fourth-order valence-corrected chi connectivity index (χ4v) is 1.85. The van der Waals surface area contributed by atoms with Gasteiger partial charge in [-0.05, 0) is 25.0 Å². The van der Waals surface area contributed by atoms with Gasteiger partial charge in [0.25, 0.3) is 0 Å². The fraction of sp³-hybridized carbons (Fsp3) is 0.429. The molecule has 0 radical (unpaired) electrons. The van der Waals surface area contributed by atoms with E-state index in [1.54, 1.807) is 14.0 Å². The molecule has 0 amide bonds. The first-order chi connectivity index (χ1) is 9.58. The number of hydrogen-bond donors (Lipinski definition) is 1. The molecule has 0 aliphatic carbocycles. The molecule has 1 heterocycles. The van der Waals surface area contributed by atoms with Gasteiger partial charge in [0, 0.05) is 19.0 Å². The van der Waals surface area contributed by atoms with Crippen molar-refractivity contribution in [3.63, 3.8) is 0 Å². The number of nitrogens with two attached hydrogens (primary N) is 1. The lowest BCUT2D eigenvalue weighted by Crippen LogP contribution is -2.18. The molecule has 108 valence electrons. The van der Waals surface area contributed by atoms with Crippen LogP contribution in [-0.2, 0) is 13.0 Å². The topological polar surface area (TPSA) is 83.4 Å². The highest BCUT2D eigenvalue weighted by Crippen LogP contribution is 2.26. The van der Waals surface area contributed by atoms with Crippen LogP contribution in [-0.4, -0.2) is 23.3 Å². The first-order valence-electron chi connectivity index (χ1n) is 6.43. The van der Waals surface area contributed by atoms with Crippen LogP contribution in [0.4, 0.5) is 0 Å². The van der Waals surface area contributed by atoms with E-state index in [0.717, 1.165) is 23.5 Å². The van der Waals surface area contributed by atoms with Crippen LogP contribution in [0.15, 0.2) is 22.7 Å². The van der Waals surface area contributed by atoms with Gasteiger partial charge >= 0.3 is 0 Å². The smallest absolute Gasteiger partial charge is 0.223 e. The molecule has 2 aromatic rings. The van der Waals surface area contributed by atoms with Gasteiger partial charge < -0.3 is 19.7 Å². The van der Waals surface area contributed by atoms with Gasteiger partial charge in [-0.15, -0.1) is 0 Å². The number of rotatable bonds is 6. The Morgan fingerprint density at radius 1 is 1.40 bits per heavy atom. The Bertz CT molecular complexity index is 567. The zero-order chi connectivity index (χ0) is 14.5. The minimum atomic E-state index is 0.0539. The lowest BCUT2D eigenvalue weighted by Gasteiger charge is -2.13. The van der Waals surface area contributed by atoms with Gasteiger partial charge in [-0.3, -0.25) is 0 Å². The van der Waals surface area contributed by atoms with Crippen LogP contribution in [0, 0.1) is 6.92 Å². The molecule has 6 heteroatoms. The van der Waals surface area contributed by atoms with Crippen molar-refractivity contribution < 1.29 is 14.0 Å². The minimum Gasteiger partial charge on any atom is -0.497 e. The molecule has 0 bridgehead atoms. The van der Waals surface area contributed by atoms with Crippen molar-refractivity contribution in [2.24, 2.45) is 5.73 Å². The lowest BCUT2D eigenvalue weighted by atomic mass is 10.1. The molecule has 1 atom stereocenters. The summed E-state index contributed by atoms with van der Waals surface area (Å²) < 4.78 is 15.9. The molecular formula is C14H19N3O3. The van der Waals surface area contributed by atoms with Crippen molar-refractivity contribution in [1.29, 1.82) is 0 Å². The van der Waals surface area contributed by atoms with E-state index in [1.165, 1.54) is 0 Å². The molecule has 0 aliphatic rings. The first-order valence-corrected chi connectivity index (χ1v) is 6.43. The Labute approximate surface area is 117 Å². The number of methoxy groups -OCH3 is 1. The van der Waals surface area contributed by atoms with E-state index in [-0.39, 0.29) is 12.6 Å². The summed E-state index contributed by atoms with van der Waals surface area (Å²) in [5.74, 6) is 2.49. The van der Waals surface area contributed by atoms with Gasteiger partial charge in [0.15, 0.2) is 6.61 Å². The lowest BCUT2D eigenvalue weighted by molar-refractivity contribution is 0.281. The second-order valence-electron chi connectivity index (χ2n) is 4.67. The van der Waals surface area contributed by atoms with Crippen LogP contribution in [0.5, 0.6) is 11.5 Å². The SMILES string of the molecule is COc1ccc(CC(C)N)c(OCc2noc(C)n2)c1. The number of ether oxygens (including phenoxy) is 2. The van der Waals surface area contributed by atoms with Gasteiger partial charge in [-0.2, -0.15) is 4.98 Å². The monoisotopic (exact) mass is 277 g/mol. The predicted octanol–water partition coefficient (Wildman–Crippen LogP) is 1.86. The molecule has 0 aliphatic heterocycles. The molecule has 6 nitrogen and oxygen atoms in total. The molecule has 1 aromatic carbocycles. The van der Waals surface area contributed by atoms with Gasteiger partial charge in [-0.25, -0.2) is 0 Å². The summed E-state index contributed by atoms with van der Waals surface area (Å²) in [6.45, 7) is 3.94. The summed E-state index contributed by atoms with van der Waals surface area (Å²) in [5.41, 5.74) is 6.88. The number of benzene rings is 1. The van der Waals surface area contributed by atoms with Crippen LogP contribution in [0.25, 0.3) is 0 Å². The van der Waals surface area contributed by atoms with E-state index >= 15 is 0 Å². The quantitative estimate of drug-likeness (QED) is 0.867. The standard InChI is InChI=1S/C14H19N3O3/c1-9(15)6-11-4-5-12(18-3)7-13(11)19-8-14-16-10(2)20-17-14/h4-5,7,9H,6,8,15H2,1-3H3. The summed E-state index contributed by atoms with van der Waals surface area (Å²) in [6, 6.07) is 5.74. The highest BCUT2D eigenvalue weighted by molar-refractivity contribution is 5.41. The van der Waals surface area contributed by atoms with Crippen molar-refractivity contribution in [3.8, 4) is 11.5 Å². The Morgan fingerprint density at radius 3 is 2.80 bits per heavy atom. The summed E-state index contributed by atoms with van der Waals surface area (Å²) in [5, 5.41) is 3.80. The molecule has 2 N–H and O–H groups in total. The summed E-state index contributed by atoms with van der Waals surface area (Å²) in [6.07, 6.45) is 0.727. The van der Waals surface area contributed by atoms with E-state index in [0.29, 0.717) is 11.7 Å². The van der Waals surface area contributed by atoms with Crippen LogP contribution in [0.2, 0.25) is 0 Å². The molecule has 0 saturated heterocycles. The van der Waals surface area contributed by atoms with Gasteiger partial charge in [0.05, 0.1) is 7.11 Å². The number of aromatic nitrogens is 2. The molecule has 1 unspecified atom stereocenters. The molecule has 2 rings (SSSR count). The Morgan fingerprint density at radius 2 is 2.20 bits per heavy atom. The van der Waals surface area contributed by atoms with Gasteiger partial charge in [0.2, 0.25) is 11.7 Å². The largest absolute Gasteiger partial charge is 0.497 e. The summed E-state index contributed by atoms with van der Waals surface area (Å²) in [4.78, 5) is 4.10. The Hall–Kier alpha value is -2.08. The maximum Gasteiger partial charge on any atom is 0.223 e. The van der Waals surface area contributed by atoms with Crippen molar-refractivity contribution >= 4 is 0 Å². The first kappa shape index (κ1) is 14.3. The van der Waals surface area contributed by atoms with Gasteiger partial charge in [0.1, 0.15) is 11.5 Å². The van der Waals surface area contributed by atoms with Crippen molar-refractivity contribution in [1.82, 2.24) is 10.1 Å². The van der Waals surface area contributed by atoms with E-state index < -0.39 is 0 Å². The van der Waals surface area contributed by atoms with E-state index in [1.807, 2.05) is 25.1 Å². The maximum absolute atomic E-state index is 5.85. The van der Waals surface area contributed by atoms with E-state index in [4.69, 9.17) is 19.7 Å². The van der Waals surface area contributed by atoms with Crippen molar-refractivity contribution in [2.45, 2.75) is 32.9 Å². The Kier molecular flexibility index (Phi) is 4.57. The van der Waals surface area contributed by atoms with Crippen LogP contribution in [0.3, 0.4) is 0 Å². The molecule has 0 saturated carbocycles. The molecule has 1 aromatic heterocycles. The van der Waals surface area contributed by atoms with Crippen LogP contribution in [0.1, 0.15) is 24.2 Å². The van der Waals surface area contributed by atoms with Crippen molar-refractivity contribution in [2.75, 3.05) is 7.11 Å². The highest BCUT2D eigenvalue weighted by atomic mass is 16.5. The van der Waals surface area contributed by atoms with E-state index in [2.05, 4.69) is 10.1 Å². The number of nitrogens with zero attached hydrogens (tertiary/aromatic N) is 2. The third-order valence-corrected chi connectivity index (χ3v) is 2.74. The fourth-order valence-electron chi connectivity index (χ4n) is 1.85. The second-order valence-corrected chi connectivity index (χ2v) is 4.67. The summed E-state index contributed by atoms with van der Waals surface area (Å²) >= 11 is 0. The van der Waals surface area contributed by atoms with E-state index in [9.17, 15) is 0 Å². The molecular weight excluding hydrogens is 258 g/mol. The zero-order valence-electron chi connectivity index (χ0n) is 11.9. The minimum absolute atomic E-state index is 0.0539. The zero-order valence-corrected chi connectivity index (χ0v) is 11.9. The summed E-state index contributed by atoms with van der Waals surface area (Å²) in [7, 11) is 1.62. The van der Waals surface area contributed by atoms with Crippen molar-refractivity contribution in [3.05, 3.63) is 35.5 Å². The second kappa shape index (κ2) is 6.38. The van der Waals surface area contributed by atoms with Crippen LogP contribution < -0.4 is 15.2 Å². The maximum atomic E-state index is 5.85. The average Bonchev–Trinajstić information content (AvgIpc) is 2.83. The Balaban J connectivity index is 2.14. The third kappa shape index (κ3) is 3.71.